The normalized spacial score (nSPS) is 12.2. The van der Waals surface area contributed by atoms with Crippen molar-refractivity contribution in [2.24, 2.45) is 5.14 Å². The van der Waals surface area contributed by atoms with Crippen LogP contribution in [0.3, 0.4) is 0 Å². The van der Waals surface area contributed by atoms with Crippen LogP contribution in [0.1, 0.15) is 6.42 Å². The number of benzene rings is 1. The molecule has 0 aromatic heterocycles. The molecule has 0 amide bonds. The van der Waals surface area contributed by atoms with Crippen molar-refractivity contribution in [1.29, 1.82) is 0 Å². The molecular formula is C9H9F3N2O5S. The lowest BCUT2D eigenvalue weighted by Gasteiger charge is -2.11. The number of ether oxygens (including phenoxy) is 1. The third-order valence-electron chi connectivity index (χ3n) is 2.09. The number of halogens is 3. The van der Waals surface area contributed by atoms with Crippen LogP contribution < -0.4 is 9.88 Å². The van der Waals surface area contributed by atoms with Gasteiger partial charge in [0, 0.05) is 12.1 Å². The molecule has 7 nitrogen and oxygen atoms in total. The highest BCUT2D eigenvalue weighted by molar-refractivity contribution is 7.89. The molecule has 0 aliphatic carbocycles. The van der Waals surface area contributed by atoms with Crippen LogP contribution in [0.5, 0.6) is 5.75 Å². The van der Waals surface area contributed by atoms with Crippen LogP contribution in [0, 0.1) is 10.1 Å². The monoisotopic (exact) mass is 314 g/mol. The molecule has 0 aliphatic heterocycles. The van der Waals surface area contributed by atoms with E-state index in [0.717, 1.165) is 12.1 Å². The predicted molar refractivity (Wildman–Crippen MR) is 60.6 cm³/mol. The van der Waals surface area contributed by atoms with Crippen LogP contribution >= 0.6 is 0 Å². The number of rotatable bonds is 5. The van der Waals surface area contributed by atoms with Crippen LogP contribution in [0.2, 0.25) is 0 Å². The summed E-state index contributed by atoms with van der Waals surface area (Å²) in [6, 6.07) is 2.41. The van der Waals surface area contributed by atoms with Crippen LogP contribution in [-0.2, 0) is 10.0 Å². The summed E-state index contributed by atoms with van der Waals surface area (Å²) in [6.07, 6.45) is -5.77. The van der Waals surface area contributed by atoms with Crippen LogP contribution in [-0.4, -0.2) is 26.1 Å². The molecule has 0 saturated carbocycles. The molecule has 11 heteroatoms. The first-order valence-corrected chi connectivity index (χ1v) is 6.56. The number of non-ortho nitro benzene ring substituents is 1. The molecule has 0 saturated heterocycles. The molecule has 0 fully saturated rings. The molecule has 2 N–H and O–H groups in total. The van der Waals surface area contributed by atoms with E-state index in [0.29, 0.717) is 6.07 Å². The van der Waals surface area contributed by atoms with Crippen molar-refractivity contribution in [3.8, 4) is 5.75 Å². The van der Waals surface area contributed by atoms with Gasteiger partial charge in [0.25, 0.3) is 5.69 Å². The fourth-order valence-corrected chi connectivity index (χ4v) is 1.92. The number of nitrogens with two attached hydrogens (primary N) is 1. The number of nitrogens with zero attached hydrogens (tertiary/aromatic N) is 1. The highest BCUT2D eigenvalue weighted by atomic mass is 32.2. The minimum atomic E-state index is -4.47. The van der Waals surface area contributed by atoms with E-state index in [9.17, 15) is 31.7 Å². The summed E-state index contributed by atoms with van der Waals surface area (Å²) in [6.45, 7) is -0.830. The number of nitro benzene ring substituents is 1. The molecule has 0 spiro atoms. The zero-order valence-corrected chi connectivity index (χ0v) is 10.6. The Morgan fingerprint density at radius 2 is 1.95 bits per heavy atom. The fourth-order valence-electron chi connectivity index (χ4n) is 1.23. The van der Waals surface area contributed by atoms with Gasteiger partial charge in [-0.25, -0.2) is 13.6 Å². The summed E-state index contributed by atoms with van der Waals surface area (Å²) in [4.78, 5) is 8.91. The van der Waals surface area contributed by atoms with Gasteiger partial charge >= 0.3 is 6.18 Å². The maximum absolute atomic E-state index is 12.0. The van der Waals surface area contributed by atoms with Crippen molar-refractivity contribution >= 4 is 15.7 Å². The van der Waals surface area contributed by atoms with E-state index in [4.69, 9.17) is 5.14 Å². The van der Waals surface area contributed by atoms with E-state index in [1.165, 1.54) is 0 Å². The molecule has 1 aromatic rings. The van der Waals surface area contributed by atoms with Gasteiger partial charge in [-0.3, -0.25) is 10.1 Å². The zero-order valence-electron chi connectivity index (χ0n) is 9.75. The molecular weight excluding hydrogens is 305 g/mol. The van der Waals surface area contributed by atoms with E-state index in [2.05, 4.69) is 4.74 Å². The van der Waals surface area contributed by atoms with Gasteiger partial charge in [-0.15, -0.1) is 0 Å². The molecule has 0 bridgehead atoms. The lowest BCUT2D eigenvalue weighted by atomic mass is 10.3. The highest BCUT2D eigenvalue weighted by Crippen LogP contribution is 2.28. The molecule has 1 aromatic carbocycles. The van der Waals surface area contributed by atoms with Gasteiger partial charge < -0.3 is 4.74 Å². The van der Waals surface area contributed by atoms with E-state index in [1.54, 1.807) is 0 Å². The molecule has 0 heterocycles. The third-order valence-corrected chi connectivity index (χ3v) is 3.02. The summed E-state index contributed by atoms with van der Waals surface area (Å²) in [7, 11) is -4.37. The highest BCUT2D eigenvalue weighted by Gasteiger charge is 2.27. The lowest BCUT2D eigenvalue weighted by Crippen LogP contribution is -2.17. The van der Waals surface area contributed by atoms with Gasteiger partial charge in [0.1, 0.15) is 10.6 Å². The smallest absolute Gasteiger partial charge is 0.392 e. The zero-order chi connectivity index (χ0) is 15.6. The van der Waals surface area contributed by atoms with Crippen LogP contribution in [0.4, 0.5) is 18.9 Å². The number of sulfonamides is 1. The quantitative estimate of drug-likeness (QED) is 0.655. The van der Waals surface area contributed by atoms with Gasteiger partial charge in [-0.2, -0.15) is 13.2 Å². The van der Waals surface area contributed by atoms with E-state index in [1.807, 2.05) is 0 Å². The molecule has 20 heavy (non-hydrogen) atoms. The van der Waals surface area contributed by atoms with Gasteiger partial charge in [-0.05, 0) is 6.07 Å². The number of primary sulfonamides is 1. The van der Waals surface area contributed by atoms with Crippen molar-refractivity contribution in [3.05, 3.63) is 28.3 Å². The Bertz CT molecular complexity index is 614. The average molecular weight is 314 g/mol. The van der Waals surface area contributed by atoms with Crippen LogP contribution in [0.25, 0.3) is 0 Å². The fraction of sp³-hybridized carbons (Fsp3) is 0.333. The van der Waals surface area contributed by atoms with Crippen molar-refractivity contribution in [2.45, 2.75) is 17.5 Å². The minimum Gasteiger partial charge on any atom is -0.492 e. The Morgan fingerprint density at radius 1 is 1.35 bits per heavy atom. The first kappa shape index (κ1) is 16.2. The molecule has 0 unspecified atom stereocenters. The maximum atomic E-state index is 12.0. The first-order valence-electron chi connectivity index (χ1n) is 5.01. The second kappa shape index (κ2) is 5.63. The Morgan fingerprint density at radius 3 is 2.40 bits per heavy atom. The first-order chi connectivity index (χ1) is 9.00. The molecule has 0 radical (unpaired) electrons. The Labute approximate surface area is 111 Å². The molecule has 1 rings (SSSR count). The van der Waals surface area contributed by atoms with E-state index in [-0.39, 0.29) is 0 Å². The number of hydrogen-bond donors (Lipinski definition) is 1. The Balaban J connectivity index is 3.04. The maximum Gasteiger partial charge on any atom is 0.392 e. The summed E-state index contributed by atoms with van der Waals surface area (Å²) in [5.41, 5.74) is -0.572. The van der Waals surface area contributed by atoms with Gasteiger partial charge in [0.2, 0.25) is 10.0 Å². The number of nitro groups is 1. The molecule has 0 aliphatic rings. The standard InChI is InChI=1S/C9H9F3N2O5S/c10-9(11,12)3-4-19-7-2-1-6(14(15)16)5-8(7)20(13,17)18/h1-2,5H,3-4H2,(H2,13,17,18). The van der Waals surface area contributed by atoms with Gasteiger partial charge in [-0.1, -0.05) is 0 Å². The number of hydrogen-bond acceptors (Lipinski definition) is 5. The van der Waals surface area contributed by atoms with Crippen molar-refractivity contribution in [2.75, 3.05) is 6.61 Å². The average Bonchev–Trinajstić information content (AvgIpc) is 2.25. The van der Waals surface area contributed by atoms with E-state index >= 15 is 0 Å². The summed E-state index contributed by atoms with van der Waals surface area (Å²) >= 11 is 0. The topological polar surface area (TPSA) is 113 Å². The van der Waals surface area contributed by atoms with Gasteiger partial charge in [0.15, 0.2) is 0 Å². The molecule has 112 valence electrons. The summed E-state index contributed by atoms with van der Waals surface area (Å²) in [5.74, 6) is -0.470. The second-order valence-corrected chi connectivity index (χ2v) is 5.18. The summed E-state index contributed by atoms with van der Waals surface area (Å²) in [5, 5.41) is 15.3. The Kier molecular flexibility index (Phi) is 4.55. The van der Waals surface area contributed by atoms with Crippen molar-refractivity contribution in [3.63, 3.8) is 0 Å². The SMILES string of the molecule is NS(=O)(=O)c1cc([N+](=O)[O-])ccc1OCCC(F)(F)F. The third kappa shape index (κ3) is 4.66. The second-order valence-electron chi connectivity index (χ2n) is 3.65. The largest absolute Gasteiger partial charge is 0.492 e. The van der Waals surface area contributed by atoms with E-state index < -0.39 is 50.5 Å². The predicted octanol–water partition coefficient (Wildman–Crippen LogP) is 1.57. The van der Waals surface area contributed by atoms with Crippen molar-refractivity contribution < 1.29 is 31.2 Å². The lowest BCUT2D eigenvalue weighted by molar-refractivity contribution is -0.385. The molecule has 0 atom stereocenters. The minimum absolute atomic E-state index is 0.470. The van der Waals surface area contributed by atoms with Crippen molar-refractivity contribution in [1.82, 2.24) is 0 Å². The van der Waals surface area contributed by atoms with Crippen LogP contribution in [0.15, 0.2) is 23.1 Å². The number of alkyl halides is 3. The summed E-state index contributed by atoms with van der Waals surface area (Å²) < 4.78 is 63.0. The Hall–Kier alpha value is -1.88. The van der Waals surface area contributed by atoms with Gasteiger partial charge in [0.05, 0.1) is 18.0 Å².